The van der Waals surface area contributed by atoms with Gasteiger partial charge in [0.25, 0.3) is 0 Å². The minimum absolute atomic E-state index is 0.305. The van der Waals surface area contributed by atoms with Gasteiger partial charge in [-0.3, -0.25) is 0 Å². The molecule has 0 atom stereocenters. The predicted molar refractivity (Wildman–Crippen MR) is 74.8 cm³/mol. The molecule has 2 heterocycles. The number of hydrogen-bond acceptors (Lipinski definition) is 4. The lowest BCUT2D eigenvalue weighted by molar-refractivity contribution is 0.137. The van der Waals surface area contributed by atoms with Crippen LogP contribution in [0.4, 0.5) is 9.18 Å². The zero-order chi connectivity index (χ0) is 14.1. The Kier molecular flexibility index (Phi) is 3.56. The summed E-state index contributed by atoms with van der Waals surface area (Å²) in [5.41, 5.74) is 1.69. The monoisotopic (exact) mass is 295 g/mol. The first-order chi connectivity index (χ1) is 9.69. The smallest absolute Gasteiger partial charge is 0.420 e. The van der Waals surface area contributed by atoms with Gasteiger partial charge < -0.3 is 9.47 Å². The number of carbonyl (C=O) groups excluding carboxylic acids is 1. The van der Waals surface area contributed by atoms with Crippen LogP contribution in [0.5, 0.6) is 5.75 Å². The first-order valence-corrected chi connectivity index (χ1v) is 7.23. The summed E-state index contributed by atoms with van der Waals surface area (Å²) in [5, 5.41) is 0. The van der Waals surface area contributed by atoms with Crippen LogP contribution in [0.25, 0.3) is 5.57 Å². The van der Waals surface area contributed by atoms with Gasteiger partial charge in [-0.1, -0.05) is 0 Å². The number of carbonyl (C=O) groups is 1. The van der Waals surface area contributed by atoms with Crippen molar-refractivity contribution >= 4 is 23.6 Å². The Hall–Kier alpha value is -1.69. The molecule has 1 amide bonds. The van der Waals surface area contributed by atoms with E-state index in [9.17, 15) is 9.18 Å². The average molecular weight is 295 g/mol. The maximum atomic E-state index is 13.5. The molecule has 20 heavy (non-hydrogen) atoms. The lowest BCUT2D eigenvalue weighted by Crippen LogP contribution is -2.23. The van der Waals surface area contributed by atoms with E-state index in [-0.39, 0.29) is 11.9 Å². The maximum absolute atomic E-state index is 13.5. The van der Waals surface area contributed by atoms with Crippen LogP contribution in [0.1, 0.15) is 18.9 Å². The van der Waals surface area contributed by atoms with E-state index in [4.69, 9.17) is 9.47 Å². The number of benzene rings is 1. The Morgan fingerprint density at radius 1 is 1.55 bits per heavy atom. The molecule has 6 heteroatoms. The predicted octanol–water partition coefficient (Wildman–Crippen LogP) is 3.44. The van der Waals surface area contributed by atoms with Crippen LogP contribution in [0, 0.1) is 5.82 Å². The Balaban J connectivity index is 1.91. The van der Waals surface area contributed by atoms with Crippen molar-refractivity contribution in [1.29, 1.82) is 0 Å². The van der Waals surface area contributed by atoms with Crippen molar-refractivity contribution in [3.8, 4) is 5.75 Å². The van der Waals surface area contributed by atoms with E-state index in [2.05, 4.69) is 0 Å². The third-order valence-electron chi connectivity index (χ3n) is 3.18. The Bertz CT molecular complexity index is 588. The molecule has 0 saturated carbocycles. The summed E-state index contributed by atoms with van der Waals surface area (Å²) in [6.07, 6.45) is 0.357. The summed E-state index contributed by atoms with van der Waals surface area (Å²) < 4.78 is 25.7. The van der Waals surface area contributed by atoms with Crippen LogP contribution in [0.3, 0.4) is 0 Å². The van der Waals surface area contributed by atoms with Gasteiger partial charge in [-0.15, -0.1) is 0 Å². The highest BCUT2D eigenvalue weighted by molar-refractivity contribution is 8.01. The van der Waals surface area contributed by atoms with E-state index in [1.807, 2.05) is 0 Å². The fourth-order valence-electron chi connectivity index (χ4n) is 2.30. The van der Waals surface area contributed by atoms with Crippen molar-refractivity contribution in [2.45, 2.75) is 13.3 Å². The molecule has 0 fully saturated rings. The molecule has 1 aromatic carbocycles. The summed E-state index contributed by atoms with van der Waals surface area (Å²) in [7, 11) is 0. The van der Waals surface area contributed by atoms with Gasteiger partial charge in [0.2, 0.25) is 0 Å². The van der Waals surface area contributed by atoms with Crippen LogP contribution >= 0.6 is 11.9 Å². The van der Waals surface area contributed by atoms with Gasteiger partial charge in [-0.05, 0) is 42.6 Å². The van der Waals surface area contributed by atoms with Crippen molar-refractivity contribution in [2.75, 3.05) is 19.8 Å². The first-order valence-electron chi connectivity index (χ1n) is 6.46. The number of hydrogen-bond donors (Lipinski definition) is 0. The Morgan fingerprint density at radius 3 is 3.20 bits per heavy atom. The third kappa shape index (κ3) is 2.35. The normalized spacial score (nSPS) is 17.2. The molecule has 4 nitrogen and oxygen atoms in total. The molecule has 106 valence electrons. The molecule has 0 spiro atoms. The van der Waals surface area contributed by atoms with Crippen LogP contribution in [0.15, 0.2) is 23.1 Å². The number of ether oxygens (including phenoxy) is 2. The average Bonchev–Trinajstić information content (AvgIpc) is 2.78. The Labute approximate surface area is 120 Å². The molecule has 2 aliphatic rings. The second-order valence-electron chi connectivity index (χ2n) is 4.47. The standard InChI is InChI=1S/C14H14FNO3S/c1-2-18-14(17)16-8-11-10-7-9(15)3-4-12(10)19-6-5-13(11)20-16/h3-4,7H,2,5-6,8H2,1H3. The van der Waals surface area contributed by atoms with Gasteiger partial charge in [0.1, 0.15) is 11.6 Å². The van der Waals surface area contributed by atoms with Crippen molar-refractivity contribution in [2.24, 2.45) is 0 Å². The summed E-state index contributed by atoms with van der Waals surface area (Å²) in [4.78, 5) is 12.8. The van der Waals surface area contributed by atoms with Gasteiger partial charge in [0.05, 0.1) is 19.8 Å². The van der Waals surface area contributed by atoms with E-state index >= 15 is 0 Å². The van der Waals surface area contributed by atoms with Crippen LogP contribution in [-0.4, -0.2) is 30.2 Å². The third-order valence-corrected chi connectivity index (χ3v) is 4.35. The van der Waals surface area contributed by atoms with Crippen molar-refractivity contribution < 1.29 is 18.7 Å². The van der Waals surface area contributed by atoms with Crippen molar-refractivity contribution in [3.05, 3.63) is 34.5 Å². The lowest BCUT2D eigenvalue weighted by atomic mass is 10.0. The SMILES string of the molecule is CCOC(=O)N1CC2=C(CCOc3ccc(F)cc32)S1. The second kappa shape index (κ2) is 5.36. The second-order valence-corrected chi connectivity index (χ2v) is 5.58. The number of fused-ring (bicyclic) bond motifs is 2. The number of nitrogens with zero attached hydrogens (tertiary/aromatic N) is 1. The fourth-order valence-corrected chi connectivity index (χ4v) is 3.35. The highest BCUT2D eigenvalue weighted by atomic mass is 32.2. The summed E-state index contributed by atoms with van der Waals surface area (Å²) in [6, 6.07) is 4.49. The minimum atomic E-state index is -0.357. The molecule has 0 unspecified atom stereocenters. The van der Waals surface area contributed by atoms with E-state index in [1.54, 1.807) is 17.3 Å². The molecule has 0 aromatic heterocycles. The summed E-state index contributed by atoms with van der Waals surface area (Å²) in [5.74, 6) is 0.364. The molecule has 0 N–H and O–H groups in total. The highest BCUT2D eigenvalue weighted by Crippen LogP contribution is 2.44. The van der Waals surface area contributed by atoms with Crippen LogP contribution in [-0.2, 0) is 4.74 Å². The van der Waals surface area contributed by atoms with Gasteiger partial charge in [0, 0.05) is 16.9 Å². The molecule has 3 rings (SSSR count). The molecule has 0 saturated heterocycles. The zero-order valence-electron chi connectivity index (χ0n) is 11.0. The highest BCUT2D eigenvalue weighted by Gasteiger charge is 2.31. The molecule has 0 radical (unpaired) electrons. The molecule has 2 aliphatic heterocycles. The molecule has 0 bridgehead atoms. The number of rotatable bonds is 1. The van der Waals surface area contributed by atoms with Crippen LogP contribution in [0.2, 0.25) is 0 Å². The topological polar surface area (TPSA) is 38.8 Å². The van der Waals surface area contributed by atoms with E-state index in [0.29, 0.717) is 31.9 Å². The van der Waals surface area contributed by atoms with Gasteiger partial charge >= 0.3 is 6.09 Å². The van der Waals surface area contributed by atoms with Crippen molar-refractivity contribution in [1.82, 2.24) is 4.31 Å². The van der Waals surface area contributed by atoms with Gasteiger partial charge in [-0.25, -0.2) is 13.5 Å². The Morgan fingerprint density at radius 2 is 2.40 bits per heavy atom. The zero-order valence-corrected chi connectivity index (χ0v) is 11.8. The molecular formula is C14H14FNO3S. The maximum Gasteiger partial charge on any atom is 0.420 e. The van der Waals surface area contributed by atoms with E-state index < -0.39 is 0 Å². The lowest BCUT2D eigenvalue weighted by Gasteiger charge is -2.16. The summed E-state index contributed by atoms with van der Waals surface area (Å²) in [6.45, 7) is 3.06. The van der Waals surface area contributed by atoms with Crippen LogP contribution < -0.4 is 4.74 Å². The molecule has 1 aromatic rings. The fraction of sp³-hybridized carbons (Fsp3) is 0.357. The minimum Gasteiger partial charge on any atom is -0.493 e. The largest absolute Gasteiger partial charge is 0.493 e. The van der Waals surface area contributed by atoms with E-state index in [0.717, 1.165) is 16.0 Å². The van der Waals surface area contributed by atoms with Gasteiger partial charge in [0.15, 0.2) is 0 Å². The molecule has 0 aliphatic carbocycles. The van der Waals surface area contributed by atoms with Gasteiger partial charge in [-0.2, -0.15) is 0 Å². The van der Waals surface area contributed by atoms with E-state index in [1.165, 1.54) is 24.1 Å². The van der Waals surface area contributed by atoms with Crippen molar-refractivity contribution in [3.63, 3.8) is 0 Å². The first kappa shape index (κ1) is 13.3. The quantitative estimate of drug-likeness (QED) is 0.744. The number of amides is 1. The molecular weight excluding hydrogens is 281 g/mol. The summed E-state index contributed by atoms with van der Waals surface area (Å²) >= 11 is 1.36. The number of halogens is 1.